The lowest BCUT2D eigenvalue weighted by atomic mass is 9.99. The van der Waals surface area contributed by atoms with Crippen molar-refractivity contribution in [1.29, 1.82) is 0 Å². The van der Waals surface area contributed by atoms with Crippen molar-refractivity contribution in [3.63, 3.8) is 0 Å². The van der Waals surface area contributed by atoms with E-state index in [-0.39, 0.29) is 6.04 Å². The summed E-state index contributed by atoms with van der Waals surface area (Å²) in [6.45, 7) is 11.1. The number of anilines is 1. The van der Waals surface area contributed by atoms with Gasteiger partial charge in [0.1, 0.15) is 5.75 Å². The monoisotopic (exact) mass is 393 g/mol. The first kappa shape index (κ1) is 20.1. The van der Waals surface area contributed by atoms with Gasteiger partial charge in [0.05, 0.1) is 18.3 Å². The van der Waals surface area contributed by atoms with E-state index in [0.717, 1.165) is 16.8 Å². The molecule has 0 aromatic heterocycles. The number of fused-ring (bicyclic) bond motifs is 1. The maximum atomic E-state index is 13.1. The molecule has 0 fully saturated rings. The Morgan fingerprint density at radius 3 is 2.46 bits per heavy atom. The molecule has 0 radical (unpaired) electrons. The van der Waals surface area contributed by atoms with E-state index in [1.165, 1.54) is 0 Å². The molecule has 1 heterocycles. The Bertz CT molecular complexity index is 871. The highest BCUT2D eigenvalue weighted by atomic mass is 28.4. The van der Waals surface area contributed by atoms with E-state index in [0.29, 0.717) is 18.8 Å². The van der Waals surface area contributed by atoms with E-state index in [9.17, 15) is 4.79 Å². The third-order valence-electron chi connectivity index (χ3n) is 4.38. The highest BCUT2D eigenvalue weighted by molar-refractivity contribution is 6.69. The molecule has 2 aromatic carbocycles. The summed E-state index contributed by atoms with van der Waals surface area (Å²) in [4.78, 5) is 14.8. The number of hydrogen-bond acceptors (Lipinski definition) is 3. The number of carbonyl (C=O) groups is 1. The summed E-state index contributed by atoms with van der Waals surface area (Å²) >= 11 is 0. The van der Waals surface area contributed by atoms with Crippen LogP contribution < -0.4 is 9.64 Å². The second kappa shape index (κ2) is 8.58. The number of amides is 1. The molecule has 0 aliphatic carbocycles. The summed E-state index contributed by atoms with van der Waals surface area (Å²) in [5.41, 5.74) is 2.80. The van der Waals surface area contributed by atoms with Crippen LogP contribution >= 0.6 is 0 Å². The summed E-state index contributed by atoms with van der Waals surface area (Å²) in [7, 11) is -1.62. The molecular weight excluding hydrogens is 366 g/mol. The molecule has 1 aliphatic rings. The summed E-state index contributed by atoms with van der Waals surface area (Å²) in [6, 6.07) is 16.8. The number of ether oxygens (including phenoxy) is 1. The van der Waals surface area contributed by atoms with Gasteiger partial charge in [-0.3, -0.25) is 4.90 Å². The topological polar surface area (TPSA) is 38.8 Å². The van der Waals surface area contributed by atoms with Crippen molar-refractivity contribution < 1.29 is 14.0 Å². The lowest BCUT2D eigenvalue weighted by Gasteiger charge is -2.33. The largest absolute Gasteiger partial charge is 0.420 e. The van der Waals surface area contributed by atoms with Gasteiger partial charge in [-0.2, -0.15) is 0 Å². The second-order valence-electron chi connectivity index (χ2n) is 7.89. The van der Waals surface area contributed by atoms with Crippen LogP contribution in [0.5, 0.6) is 5.75 Å². The Hall–Kier alpha value is -2.63. The van der Waals surface area contributed by atoms with Crippen molar-refractivity contribution in [1.82, 2.24) is 0 Å². The maximum Gasteiger partial charge on any atom is 0.420 e. The van der Waals surface area contributed by atoms with Gasteiger partial charge >= 0.3 is 6.09 Å². The fraction of sp³-hybridized carbons (Fsp3) is 0.261. The van der Waals surface area contributed by atoms with Gasteiger partial charge in [-0.25, -0.2) is 4.79 Å². The predicted molar refractivity (Wildman–Crippen MR) is 117 cm³/mol. The number of para-hydroxylation sites is 2. The highest BCUT2D eigenvalue weighted by Crippen LogP contribution is 2.32. The van der Waals surface area contributed by atoms with Gasteiger partial charge in [0.15, 0.2) is 8.32 Å². The first-order chi connectivity index (χ1) is 13.3. The second-order valence-corrected chi connectivity index (χ2v) is 12.4. The van der Waals surface area contributed by atoms with Crippen molar-refractivity contribution in [3.05, 3.63) is 78.4 Å². The van der Waals surface area contributed by atoms with Crippen LogP contribution in [0, 0.1) is 0 Å². The average molecular weight is 394 g/mol. The van der Waals surface area contributed by atoms with Gasteiger partial charge in [0.2, 0.25) is 0 Å². The molecule has 4 nitrogen and oxygen atoms in total. The Morgan fingerprint density at radius 1 is 1.07 bits per heavy atom. The van der Waals surface area contributed by atoms with Crippen molar-refractivity contribution in [2.24, 2.45) is 0 Å². The summed E-state index contributed by atoms with van der Waals surface area (Å²) in [5.74, 6) is 0.527. The van der Waals surface area contributed by atoms with E-state index in [1.807, 2.05) is 48.5 Å². The number of nitrogens with zero attached hydrogens (tertiary/aromatic N) is 1. The van der Waals surface area contributed by atoms with Crippen LogP contribution in [0.2, 0.25) is 19.6 Å². The van der Waals surface area contributed by atoms with Crippen molar-refractivity contribution in [2.75, 3.05) is 11.5 Å². The third kappa shape index (κ3) is 5.21. The van der Waals surface area contributed by atoms with Gasteiger partial charge in [-0.15, -0.1) is 0 Å². The zero-order valence-electron chi connectivity index (χ0n) is 16.7. The predicted octanol–water partition coefficient (Wildman–Crippen LogP) is 5.89. The standard InChI is InChI=1S/C23H27NO3Si/c1-18(17-26-28(2,3)4)16-20-15-14-19-10-8-9-13-22(19)24(20)23(25)27-21-11-6-5-7-12-21/h5-15,20H,1,16-17H2,2-4H3. The molecule has 28 heavy (non-hydrogen) atoms. The van der Waals surface area contributed by atoms with Crippen molar-refractivity contribution in [3.8, 4) is 5.75 Å². The molecule has 0 bridgehead atoms. The van der Waals surface area contributed by atoms with E-state index in [1.54, 1.807) is 17.0 Å². The molecule has 1 atom stereocenters. The smallest absolute Gasteiger partial charge is 0.414 e. The van der Waals surface area contributed by atoms with Gasteiger partial charge in [0, 0.05) is 0 Å². The Balaban J connectivity index is 1.80. The van der Waals surface area contributed by atoms with Gasteiger partial charge in [-0.1, -0.05) is 60.7 Å². The number of carbonyl (C=O) groups excluding carboxylic acids is 1. The fourth-order valence-corrected chi connectivity index (χ4v) is 3.67. The van der Waals surface area contributed by atoms with Crippen LogP contribution in [0.1, 0.15) is 12.0 Å². The highest BCUT2D eigenvalue weighted by Gasteiger charge is 2.30. The van der Waals surface area contributed by atoms with Gasteiger partial charge in [0.25, 0.3) is 0 Å². The molecule has 0 saturated heterocycles. The van der Waals surface area contributed by atoms with Crippen molar-refractivity contribution in [2.45, 2.75) is 32.1 Å². The SMILES string of the molecule is C=C(CO[Si](C)(C)C)CC1C=Cc2ccccc2N1C(=O)Oc1ccccc1. The molecule has 1 amide bonds. The molecule has 1 unspecified atom stereocenters. The lowest BCUT2D eigenvalue weighted by molar-refractivity contribution is 0.205. The third-order valence-corrected chi connectivity index (χ3v) is 5.39. The Kier molecular flexibility index (Phi) is 6.17. The van der Waals surface area contributed by atoms with Gasteiger partial charge < -0.3 is 9.16 Å². The van der Waals surface area contributed by atoms with Crippen LogP contribution in [0.15, 0.2) is 72.8 Å². The number of hydrogen-bond donors (Lipinski definition) is 0. The molecule has 0 N–H and O–H groups in total. The Morgan fingerprint density at radius 2 is 1.75 bits per heavy atom. The fourth-order valence-electron chi connectivity index (χ4n) is 3.03. The first-order valence-electron chi connectivity index (χ1n) is 9.47. The van der Waals surface area contributed by atoms with Crippen molar-refractivity contribution >= 4 is 26.2 Å². The summed E-state index contributed by atoms with van der Waals surface area (Å²) in [6.07, 6.45) is 4.32. The molecule has 2 aromatic rings. The summed E-state index contributed by atoms with van der Waals surface area (Å²) in [5, 5.41) is 0. The molecule has 0 spiro atoms. The molecule has 0 saturated carbocycles. The molecule has 1 aliphatic heterocycles. The lowest BCUT2D eigenvalue weighted by Crippen LogP contribution is -2.43. The molecule has 146 valence electrons. The molecule has 5 heteroatoms. The molecule has 3 rings (SSSR count). The maximum absolute atomic E-state index is 13.1. The number of benzene rings is 2. The first-order valence-corrected chi connectivity index (χ1v) is 12.9. The van der Waals surface area contributed by atoms with Crippen LogP contribution in [0.4, 0.5) is 10.5 Å². The Labute approximate surface area is 168 Å². The van der Waals surface area contributed by atoms with E-state index < -0.39 is 14.4 Å². The van der Waals surface area contributed by atoms with Crippen LogP contribution in [-0.4, -0.2) is 27.1 Å². The minimum Gasteiger partial charge on any atom is -0.414 e. The van der Waals surface area contributed by atoms with E-state index in [2.05, 4.69) is 32.3 Å². The normalized spacial score (nSPS) is 15.8. The number of rotatable bonds is 6. The summed E-state index contributed by atoms with van der Waals surface area (Å²) < 4.78 is 11.6. The minimum absolute atomic E-state index is 0.163. The average Bonchev–Trinajstić information content (AvgIpc) is 2.66. The van der Waals surface area contributed by atoms with Gasteiger partial charge in [-0.05, 0) is 49.8 Å². The van der Waals surface area contributed by atoms with E-state index in [4.69, 9.17) is 9.16 Å². The zero-order chi connectivity index (χ0) is 20.1. The van der Waals surface area contributed by atoms with Crippen LogP contribution in [0.25, 0.3) is 6.08 Å². The zero-order valence-corrected chi connectivity index (χ0v) is 17.7. The quantitative estimate of drug-likeness (QED) is 0.454. The minimum atomic E-state index is -1.62. The van der Waals surface area contributed by atoms with Crippen LogP contribution in [-0.2, 0) is 4.43 Å². The van der Waals surface area contributed by atoms with Crippen LogP contribution in [0.3, 0.4) is 0 Å². The van der Waals surface area contributed by atoms with E-state index >= 15 is 0 Å². The molecular formula is C23H27NO3Si.